The number of amides is 2. The second-order valence-electron chi connectivity index (χ2n) is 7.59. The number of pyridine rings is 1. The normalized spacial score (nSPS) is 14.4. The number of alkyl halides is 2. The van der Waals surface area contributed by atoms with E-state index in [9.17, 15) is 13.6 Å². The summed E-state index contributed by atoms with van der Waals surface area (Å²) in [4.78, 5) is 18.9. The van der Waals surface area contributed by atoms with Crippen LogP contribution in [0.2, 0.25) is 0 Å². The number of halogens is 2. The molecule has 1 aromatic heterocycles. The van der Waals surface area contributed by atoms with E-state index >= 15 is 0 Å². The van der Waals surface area contributed by atoms with Crippen LogP contribution in [-0.4, -0.2) is 37.8 Å². The zero-order valence-electron chi connectivity index (χ0n) is 17.7. The van der Waals surface area contributed by atoms with Crippen LogP contribution in [0.3, 0.4) is 0 Å². The molecule has 1 aliphatic heterocycles. The first-order valence-electron chi connectivity index (χ1n) is 10.3. The van der Waals surface area contributed by atoms with E-state index in [0.717, 1.165) is 30.4 Å². The Morgan fingerprint density at radius 1 is 1.13 bits per heavy atom. The minimum absolute atomic E-state index is 0.0549. The fraction of sp³-hybridized carbons (Fsp3) is 0.455. The molecule has 0 aliphatic carbocycles. The van der Waals surface area contributed by atoms with Crippen LogP contribution in [0.5, 0.6) is 11.5 Å². The molecule has 1 fully saturated rings. The molecule has 7 nitrogen and oxygen atoms in total. The maximum atomic E-state index is 12.4. The summed E-state index contributed by atoms with van der Waals surface area (Å²) in [5.74, 6) is 1.85. The molecule has 0 unspecified atom stereocenters. The highest BCUT2D eigenvalue weighted by Crippen LogP contribution is 2.29. The summed E-state index contributed by atoms with van der Waals surface area (Å²) in [6.07, 6.45) is 4.14. The van der Waals surface area contributed by atoms with Gasteiger partial charge in [-0.2, -0.15) is 8.78 Å². The summed E-state index contributed by atoms with van der Waals surface area (Å²) < 4.78 is 34.2. The number of carbonyl (C=O) groups excluding carboxylic acids is 1. The van der Waals surface area contributed by atoms with Gasteiger partial charge in [0, 0.05) is 32.4 Å². The van der Waals surface area contributed by atoms with Gasteiger partial charge in [-0.05, 0) is 48.1 Å². The van der Waals surface area contributed by atoms with E-state index in [1.165, 1.54) is 26.0 Å². The van der Waals surface area contributed by atoms with E-state index in [2.05, 4.69) is 32.2 Å². The first-order valence-corrected chi connectivity index (χ1v) is 10.3. The lowest BCUT2D eigenvalue weighted by Crippen LogP contribution is -2.35. The second-order valence-corrected chi connectivity index (χ2v) is 7.59. The fourth-order valence-electron chi connectivity index (χ4n) is 3.39. The highest BCUT2D eigenvalue weighted by atomic mass is 19.3. The van der Waals surface area contributed by atoms with Crippen molar-refractivity contribution in [3.05, 3.63) is 47.7 Å². The average molecular weight is 434 g/mol. The monoisotopic (exact) mass is 434 g/mol. The van der Waals surface area contributed by atoms with Crippen LogP contribution in [0.4, 0.5) is 19.4 Å². The van der Waals surface area contributed by atoms with E-state index in [1.54, 1.807) is 18.3 Å². The minimum Gasteiger partial charge on any atom is -0.493 e. The number of aromatic nitrogens is 1. The Labute approximate surface area is 180 Å². The van der Waals surface area contributed by atoms with Gasteiger partial charge in [0.05, 0.1) is 7.11 Å². The third kappa shape index (κ3) is 6.70. The molecular weight excluding hydrogens is 406 g/mol. The number of methoxy groups -OCH3 is 1. The number of nitrogens with one attached hydrogen (secondary N) is 2. The number of rotatable bonds is 8. The van der Waals surface area contributed by atoms with Crippen molar-refractivity contribution in [3.63, 3.8) is 0 Å². The summed E-state index contributed by atoms with van der Waals surface area (Å²) in [5, 5.41) is 5.51. The lowest BCUT2D eigenvalue weighted by atomic mass is 9.99. The summed E-state index contributed by atoms with van der Waals surface area (Å²) in [6.45, 7) is 1.94. The third-order valence-electron chi connectivity index (χ3n) is 5.27. The van der Waals surface area contributed by atoms with Crippen molar-refractivity contribution in [1.82, 2.24) is 15.6 Å². The molecule has 0 spiro atoms. The van der Waals surface area contributed by atoms with Crippen molar-refractivity contribution in [2.75, 3.05) is 25.1 Å². The number of carbonyl (C=O) groups is 1. The van der Waals surface area contributed by atoms with Gasteiger partial charge in [-0.3, -0.25) is 0 Å². The first-order chi connectivity index (χ1) is 14.9. The molecule has 0 radical (unpaired) electrons. The molecule has 1 saturated heterocycles. The Kier molecular flexibility index (Phi) is 7.86. The van der Waals surface area contributed by atoms with Crippen molar-refractivity contribution < 1.29 is 23.0 Å². The van der Waals surface area contributed by atoms with Gasteiger partial charge in [0.1, 0.15) is 5.82 Å². The van der Waals surface area contributed by atoms with Gasteiger partial charge in [0.25, 0.3) is 0 Å². The maximum absolute atomic E-state index is 12.4. The largest absolute Gasteiger partial charge is 0.493 e. The number of ether oxygens (including phenoxy) is 2. The van der Waals surface area contributed by atoms with Crippen molar-refractivity contribution in [1.29, 1.82) is 0 Å². The molecule has 2 aromatic rings. The van der Waals surface area contributed by atoms with Crippen LogP contribution in [0.1, 0.15) is 30.9 Å². The number of hydrogen-bond acceptors (Lipinski definition) is 5. The topological polar surface area (TPSA) is 75.7 Å². The average Bonchev–Trinajstić information content (AvgIpc) is 2.77. The minimum atomic E-state index is -2.93. The fourth-order valence-corrected chi connectivity index (χ4v) is 3.39. The predicted molar refractivity (Wildman–Crippen MR) is 114 cm³/mol. The molecule has 0 atom stereocenters. The SMILES string of the molecule is COc1cc(CNC(=O)NCc2ccc(N3CCC(C)CC3)nc2)ccc1OC(F)F. The van der Waals surface area contributed by atoms with Gasteiger partial charge >= 0.3 is 12.6 Å². The van der Waals surface area contributed by atoms with Crippen LogP contribution >= 0.6 is 0 Å². The molecule has 2 amide bonds. The third-order valence-corrected chi connectivity index (χ3v) is 5.27. The Morgan fingerprint density at radius 2 is 1.81 bits per heavy atom. The number of piperidine rings is 1. The molecule has 9 heteroatoms. The number of benzene rings is 1. The zero-order valence-corrected chi connectivity index (χ0v) is 17.7. The van der Waals surface area contributed by atoms with Crippen molar-refractivity contribution >= 4 is 11.8 Å². The number of nitrogens with zero attached hydrogens (tertiary/aromatic N) is 2. The summed E-state index contributed by atoms with van der Waals surface area (Å²) >= 11 is 0. The van der Waals surface area contributed by atoms with Gasteiger partial charge in [-0.15, -0.1) is 0 Å². The summed E-state index contributed by atoms with van der Waals surface area (Å²) in [5.41, 5.74) is 1.59. The van der Waals surface area contributed by atoms with Crippen LogP contribution in [0.25, 0.3) is 0 Å². The van der Waals surface area contributed by atoms with E-state index in [-0.39, 0.29) is 24.1 Å². The highest BCUT2D eigenvalue weighted by molar-refractivity contribution is 5.73. The summed E-state index contributed by atoms with van der Waals surface area (Å²) in [7, 11) is 1.36. The maximum Gasteiger partial charge on any atom is 0.387 e. The molecule has 0 saturated carbocycles. The van der Waals surface area contributed by atoms with E-state index in [0.29, 0.717) is 12.1 Å². The molecular formula is C22H28F2N4O3. The Morgan fingerprint density at radius 3 is 2.42 bits per heavy atom. The number of urea groups is 1. The highest BCUT2D eigenvalue weighted by Gasteiger charge is 2.16. The molecule has 1 aliphatic rings. The van der Waals surface area contributed by atoms with Crippen LogP contribution < -0.4 is 25.0 Å². The molecule has 0 bridgehead atoms. The standard InChI is InChI=1S/C22H28F2N4O3/c1-15-7-9-28(10-8-15)20-6-4-17(13-25-20)14-27-22(29)26-12-16-3-5-18(31-21(23)24)19(11-16)30-2/h3-6,11,13,15,21H,7-10,12,14H2,1-2H3,(H2,26,27,29). The predicted octanol–water partition coefficient (Wildman–Crippen LogP) is 3.93. The molecule has 2 heterocycles. The van der Waals surface area contributed by atoms with Gasteiger partial charge < -0.3 is 25.0 Å². The smallest absolute Gasteiger partial charge is 0.387 e. The van der Waals surface area contributed by atoms with Crippen LogP contribution in [0, 0.1) is 5.92 Å². The van der Waals surface area contributed by atoms with Crippen LogP contribution in [0.15, 0.2) is 36.5 Å². The summed E-state index contributed by atoms with van der Waals surface area (Å²) in [6, 6.07) is 8.12. The Balaban J connectivity index is 1.45. The van der Waals surface area contributed by atoms with Crippen molar-refractivity contribution in [2.45, 2.75) is 39.5 Å². The Hall–Kier alpha value is -3.10. The number of hydrogen-bond donors (Lipinski definition) is 2. The van der Waals surface area contributed by atoms with E-state index in [4.69, 9.17) is 4.74 Å². The molecule has 168 valence electrons. The van der Waals surface area contributed by atoms with E-state index < -0.39 is 6.61 Å². The molecule has 2 N–H and O–H groups in total. The Bertz CT molecular complexity index is 856. The second kappa shape index (κ2) is 10.8. The molecule has 31 heavy (non-hydrogen) atoms. The van der Waals surface area contributed by atoms with E-state index in [1.807, 2.05) is 12.1 Å². The van der Waals surface area contributed by atoms with Gasteiger partial charge in [-0.1, -0.05) is 19.1 Å². The van der Waals surface area contributed by atoms with Gasteiger partial charge in [-0.25, -0.2) is 9.78 Å². The van der Waals surface area contributed by atoms with Gasteiger partial charge in [0.15, 0.2) is 11.5 Å². The lowest BCUT2D eigenvalue weighted by molar-refractivity contribution is -0.0512. The van der Waals surface area contributed by atoms with Crippen LogP contribution in [-0.2, 0) is 13.1 Å². The van der Waals surface area contributed by atoms with Gasteiger partial charge in [0.2, 0.25) is 0 Å². The first kappa shape index (κ1) is 22.6. The quantitative estimate of drug-likeness (QED) is 0.659. The van der Waals surface area contributed by atoms with Crippen molar-refractivity contribution in [3.8, 4) is 11.5 Å². The van der Waals surface area contributed by atoms with Crippen molar-refractivity contribution in [2.24, 2.45) is 5.92 Å². The molecule has 1 aromatic carbocycles. The zero-order chi connectivity index (χ0) is 22.2. The molecule has 3 rings (SSSR count). The number of anilines is 1. The lowest BCUT2D eigenvalue weighted by Gasteiger charge is -2.31.